The smallest absolute Gasteiger partial charge is 0.336 e. The highest BCUT2D eigenvalue weighted by atomic mass is 32.2. The number of rotatable bonds is 3. The molecule has 0 spiro atoms. The average Bonchev–Trinajstić information content (AvgIpc) is 2.54. The van der Waals surface area contributed by atoms with E-state index < -0.39 is 0 Å². The quantitative estimate of drug-likeness (QED) is 0.401. The number of aromatic nitrogens is 2. The van der Waals surface area contributed by atoms with Gasteiger partial charge in [0.15, 0.2) is 5.16 Å². The number of benzene rings is 1. The molecule has 0 saturated carbocycles. The molecular formula is C19H20N2O2S. The number of nitrogens with zero attached hydrogens (tertiary/aromatic N) is 2. The molecule has 1 aromatic carbocycles. The van der Waals surface area contributed by atoms with Crippen LogP contribution in [0, 0.1) is 34.6 Å². The molecule has 0 bridgehead atoms. The lowest BCUT2D eigenvalue weighted by molar-refractivity contribution is 0.557. The maximum atomic E-state index is 11.9. The predicted octanol–water partition coefficient (Wildman–Crippen LogP) is 4.42. The van der Waals surface area contributed by atoms with E-state index in [9.17, 15) is 4.79 Å². The molecule has 0 aliphatic heterocycles. The summed E-state index contributed by atoms with van der Waals surface area (Å²) in [5.41, 5.74) is 6.55. The molecule has 0 radical (unpaired) electrons. The van der Waals surface area contributed by atoms with Crippen LogP contribution in [0.1, 0.15) is 33.6 Å². The van der Waals surface area contributed by atoms with Crippen molar-refractivity contribution in [3.05, 3.63) is 62.3 Å². The van der Waals surface area contributed by atoms with Gasteiger partial charge in [0.1, 0.15) is 5.58 Å². The van der Waals surface area contributed by atoms with E-state index in [0.29, 0.717) is 11.3 Å². The molecule has 0 N–H and O–H groups in total. The van der Waals surface area contributed by atoms with Crippen LogP contribution in [0.5, 0.6) is 0 Å². The van der Waals surface area contributed by atoms with Crippen LogP contribution in [0.25, 0.3) is 11.0 Å². The molecule has 3 rings (SSSR count). The Bertz CT molecular complexity index is 970. The number of fused-ring (bicyclic) bond motifs is 1. The van der Waals surface area contributed by atoms with Gasteiger partial charge < -0.3 is 4.42 Å². The van der Waals surface area contributed by atoms with E-state index in [1.54, 1.807) is 17.8 Å². The van der Waals surface area contributed by atoms with E-state index >= 15 is 0 Å². The molecule has 0 fully saturated rings. The van der Waals surface area contributed by atoms with Crippen LogP contribution in [-0.2, 0) is 5.75 Å². The first-order valence-electron chi connectivity index (χ1n) is 7.84. The lowest BCUT2D eigenvalue weighted by atomic mass is 10.0. The molecule has 0 saturated heterocycles. The minimum atomic E-state index is -0.316. The van der Waals surface area contributed by atoms with Gasteiger partial charge in [-0.1, -0.05) is 23.9 Å². The van der Waals surface area contributed by atoms with Crippen molar-refractivity contribution >= 4 is 22.7 Å². The van der Waals surface area contributed by atoms with Crippen LogP contribution in [0.15, 0.2) is 32.6 Å². The largest absolute Gasteiger partial charge is 0.422 e. The summed E-state index contributed by atoms with van der Waals surface area (Å²) in [7, 11) is 0. The third kappa shape index (κ3) is 3.08. The minimum Gasteiger partial charge on any atom is -0.422 e. The summed E-state index contributed by atoms with van der Waals surface area (Å²) in [5, 5.41) is 1.71. The maximum absolute atomic E-state index is 11.9. The third-order valence-corrected chi connectivity index (χ3v) is 5.38. The SMILES string of the molecule is Cc1ccc2c(CSc3nc(C)c(C)c(C)n3)cc(=O)oc2c1C. The lowest BCUT2D eigenvalue weighted by Gasteiger charge is -2.09. The molecular weight excluding hydrogens is 320 g/mol. The minimum absolute atomic E-state index is 0.316. The first kappa shape index (κ1) is 16.7. The fraction of sp³-hybridized carbons (Fsp3) is 0.316. The zero-order valence-corrected chi connectivity index (χ0v) is 15.4. The molecule has 0 aliphatic rings. The third-order valence-electron chi connectivity index (χ3n) is 4.49. The Morgan fingerprint density at radius 2 is 1.67 bits per heavy atom. The van der Waals surface area contributed by atoms with Gasteiger partial charge in [-0.2, -0.15) is 0 Å². The molecule has 3 aromatic rings. The molecule has 4 nitrogen and oxygen atoms in total. The van der Waals surface area contributed by atoms with Crippen molar-refractivity contribution in [1.29, 1.82) is 0 Å². The van der Waals surface area contributed by atoms with Crippen LogP contribution in [0.2, 0.25) is 0 Å². The monoisotopic (exact) mass is 340 g/mol. The second kappa shape index (κ2) is 6.40. The summed E-state index contributed by atoms with van der Waals surface area (Å²) in [4.78, 5) is 21.0. The van der Waals surface area contributed by atoms with Crippen LogP contribution in [-0.4, -0.2) is 9.97 Å². The van der Waals surface area contributed by atoms with Crippen LogP contribution in [0.3, 0.4) is 0 Å². The number of hydrogen-bond donors (Lipinski definition) is 0. The van der Waals surface area contributed by atoms with Crippen molar-refractivity contribution in [3.8, 4) is 0 Å². The number of thioether (sulfide) groups is 1. The standard InChI is InChI=1S/C19H20N2O2S/c1-10-6-7-16-15(8-17(22)23-18(16)11(10)2)9-24-19-20-13(4)12(3)14(5)21-19/h6-8H,9H2,1-5H3. The van der Waals surface area contributed by atoms with E-state index in [1.807, 2.05) is 40.7 Å². The van der Waals surface area contributed by atoms with Crippen LogP contribution >= 0.6 is 11.8 Å². The normalized spacial score (nSPS) is 11.2. The van der Waals surface area contributed by atoms with Gasteiger partial charge in [-0.25, -0.2) is 14.8 Å². The van der Waals surface area contributed by atoms with Crippen molar-refractivity contribution in [3.63, 3.8) is 0 Å². The van der Waals surface area contributed by atoms with E-state index in [-0.39, 0.29) is 5.63 Å². The Balaban J connectivity index is 1.99. The summed E-state index contributed by atoms with van der Waals surface area (Å²) in [5.74, 6) is 0.631. The van der Waals surface area contributed by atoms with Gasteiger partial charge in [0.2, 0.25) is 0 Å². The van der Waals surface area contributed by atoms with Crippen LogP contribution < -0.4 is 5.63 Å². The molecule has 5 heteroatoms. The van der Waals surface area contributed by atoms with E-state index in [1.165, 1.54) is 0 Å². The Kier molecular flexibility index (Phi) is 4.45. The Hall–Kier alpha value is -2.14. The fourth-order valence-electron chi connectivity index (χ4n) is 2.59. The first-order chi connectivity index (χ1) is 11.4. The summed E-state index contributed by atoms with van der Waals surface area (Å²) >= 11 is 1.54. The van der Waals surface area contributed by atoms with Crippen molar-refractivity contribution < 1.29 is 4.42 Å². The Morgan fingerprint density at radius 3 is 2.33 bits per heavy atom. The van der Waals surface area contributed by atoms with Gasteiger partial charge in [-0.3, -0.25) is 0 Å². The van der Waals surface area contributed by atoms with E-state index in [0.717, 1.165) is 44.2 Å². The Morgan fingerprint density at radius 1 is 1.00 bits per heavy atom. The topological polar surface area (TPSA) is 56.0 Å². The maximum Gasteiger partial charge on any atom is 0.336 e. The van der Waals surface area contributed by atoms with Gasteiger partial charge in [0.05, 0.1) is 0 Å². The highest BCUT2D eigenvalue weighted by Gasteiger charge is 2.11. The van der Waals surface area contributed by atoms with Gasteiger partial charge in [0.25, 0.3) is 0 Å². The van der Waals surface area contributed by atoms with E-state index in [2.05, 4.69) is 16.0 Å². The number of hydrogen-bond acceptors (Lipinski definition) is 5. The highest BCUT2D eigenvalue weighted by Crippen LogP contribution is 2.28. The molecule has 124 valence electrons. The molecule has 0 atom stereocenters. The summed E-state index contributed by atoms with van der Waals surface area (Å²) in [6, 6.07) is 5.64. The average molecular weight is 340 g/mol. The van der Waals surface area contributed by atoms with E-state index in [4.69, 9.17) is 4.42 Å². The highest BCUT2D eigenvalue weighted by molar-refractivity contribution is 7.98. The van der Waals surface area contributed by atoms with Gasteiger partial charge >= 0.3 is 5.63 Å². The first-order valence-corrected chi connectivity index (χ1v) is 8.83. The Labute approximate surface area is 145 Å². The molecule has 2 aromatic heterocycles. The van der Waals surface area contributed by atoms with Crippen molar-refractivity contribution in [2.75, 3.05) is 0 Å². The zero-order valence-electron chi connectivity index (χ0n) is 14.6. The van der Waals surface area contributed by atoms with Gasteiger partial charge in [-0.15, -0.1) is 0 Å². The summed E-state index contributed by atoms with van der Waals surface area (Å²) < 4.78 is 5.42. The van der Waals surface area contributed by atoms with Crippen LogP contribution in [0.4, 0.5) is 0 Å². The fourth-order valence-corrected chi connectivity index (χ4v) is 3.52. The zero-order chi connectivity index (χ0) is 17.4. The predicted molar refractivity (Wildman–Crippen MR) is 97.8 cm³/mol. The molecule has 0 amide bonds. The molecule has 2 heterocycles. The summed E-state index contributed by atoms with van der Waals surface area (Å²) in [6.45, 7) is 10.0. The number of aryl methyl sites for hydroxylation is 4. The summed E-state index contributed by atoms with van der Waals surface area (Å²) in [6.07, 6.45) is 0. The molecule has 24 heavy (non-hydrogen) atoms. The molecule has 0 aliphatic carbocycles. The van der Waals surface area contributed by atoms with Gasteiger partial charge in [0, 0.05) is 28.6 Å². The second-order valence-corrected chi connectivity index (χ2v) is 7.01. The van der Waals surface area contributed by atoms with Crippen molar-refractivity contribution in [2.24, 2.45) is 0 Å². The van der Waals surface area contributed by atoms with Crippen molar-refractivity contribution in [1.82, 2.24) is 9.97 Å². The second-order valence-electron chi connectivity index (χ2n) is 6.07. The lowest BCUT2D eigenvalue weighted by Crippen LogP contribution is -2.02. The van der Waals surface area contributed by atoms with Gasteiger partial charge in [-0.05, 0) is 56.9 Å². The van der Waals surface area contributed by atoms with Crippen molar-refractivity contribution in [2.45, 2.75) is 45.5 Å². The molecule has 0 unspecified atom stereocenters.